The van der Waals surface area contributed by atoms with Crippen molar-refractivity contribution in [3.8, 4) is 11.1 Å². The molecule has 4 heteroatoms. The van der Waals surface area contributed by atoms with E-state index in [-0.39, 0.29) is 0 Å². The molecule has 0 atom stereocenters. The topological polar surface area (TPSA) is 0 Å². The van der Waals surface area contributed by atoms with E-state index in [2.05, 4.69) is 88.0 Å². The summed E-state index contributed by atoms with van der Waals surface area (Å²) < 4.78 is 0.693. The van der Waals surface area contributed by atoms with E-state index in [1.165, 1.54) is 11.1 Å². The van der Waals surface area contributed by atoms with Gasteiger partial charge in [0.05, 0.1) is 0 Å². The normalized spacial score (nSPS) is 11.5. The lowest BCUT2D eigenvalue weighted by molar-refractivity contribution is 1.36. The van der Waals surface area contributed by atoms with Crippen LogP contribution in [0.3, 0.4) is 0 Å². The van der Waals surface area contributed by atoms with Crippen LogP contribution in [0.1, 0.15) is 5.56 Å². The molecule has 0 N–H and O–H groups in total. The highest BCUT2D eigenvalue weighted by Gasteiger charge is 2.24. The van der Waals surface area contributed by atoms with Crippen LogP contribution in [0.25, 0.3) is 11.1 Å². The third kappa shape index (κ3) is 3.43. The van der Waals surface area contributed by atoms with E-state index in [9.17, 15) is 0 Å². The van der Waals surface area contributed by atoms with Gasteiger partial charge in [0.2, 0.25) is 0 Å². The number of alkyl halides is 3. The first kappa shape index (κ1) is 13.8. The van der Waals surface area contributed by atoms with Gasteiger partial charge in [-0.15, -0.1) is 0 Å². The molecule has 0 nitrogen and oxygen atoms in total. The van der Waals surface area contributed by atoms with Crippen molar-refractivity contribution in [1.29, 1.82) is 0 Å². The van der Waals surface area contributed by atoms with E-state index in [0.717, 1.165) is 10.0 Å². The van der Waals surface area contributed by atoms with E-state index in [0.29, 0.717) is 0 Å². The molecule has 88 valence electrons. The van der Waals surface area contributed by atoms with Crippen LogP contribution in [0.2, 0.25) is 0 Å². The molecule has 0 amide bonds. The summed E-state index contributed by atoms with van der Waals surface area (Å²) in [7, 11) is 0. The number of halogens is 4. The van der Waals surface area contributed by atoms with Gasteiger partial charge in [-0.05, 0) is 28.8 Å². The predicted octanol–water partition coefficient (Wildman–Crippen LogP) is 6.41. The number of hydrogen-bond donors (Lipinski definition) is 0. The molecular formula is C13H8Br4. The van der Waals surface area contributed by atoms with Gasteiger partial charge in [-0.25, -0.2) is 0 Å². The molecule has 2 aromatic rings. The van der Waals surface area contributed by atoms with Gasteiger partial charge in [-0.3, -0.25) is 0 Å². The zero-order chi connectivity index (χ0) is 12.5. The molecule has 0 fully saturated rings. The van der Waals surface area contributed by atoms with Gasteiger partial charge < -0.3 is 0 Å². The molecule has 0 unspecified atom stereocenters. The second-order valence-corrected chi connectivity index (χ2v) is 11.2. The molecule has 0 aromatic heterocycles. The second kappa shape index (κ2) is 5.55. The largest absolute Gasteiger partial charge is 0.160 e. The van der Waals surface area contributed by atoms with Crippen LogP contribution in [-0.2, 0) is 2.14 Å². The molecule has 17 heavy (non-hydrogen) atoms. The number of hydrogen-bond acceptors (Lipinski definition) is 0. The van der Waals surface area contributed by atoms with Crippen LogP contribution in [0.15, 0.2) is 53.0 Å². The van der Waals surface area contributed by atoms with Gasteiger partial charge in [0.25, 0.3) is 0 Å². The van der Waals surface area contributed by atoms with Crippen molar-refractivity contribution in [1.82, 2.24) is 0 Å². The maximum atomic E-state index is 3.57. The molecule has 2 aromatic carbocycles. The lowest BCUT2D eigenvalue weighted by Crippen LogP contribution is -2.00. The van der Waals surface area contributed by atoms with Crippen LogP contribution in [0.4, 0.5) is 0 Å². The van der Waals surface area contributed by atoms with Crippen LogP contribution in [-0.4, -0.2) is 0 Å². The molecule has 0 radical (unpaired) electrons. The van der Waals surface area contributed by atoms with E-state index >= 15 is 0 Å². The van der Waals surface area contributed by atoms with Crippen LogP contribution >= 0.6 is 63.7 Å². The lowest BCUT2D eigenvalue weighted by atomic mass is 10.0. The highest BCUT2D eigenvalue weighted by atomic mass is 80.0. The summed E-state index contributed by atoms with van der Waals surface area (Å²) in [5.74, 6) is 0. The third-order valence-electron chi connectivity index (χ3n) is 2.39. The summed E-state index contributed by atoms with van der Waals surface area (Å²) in [6.45, 7) is 0. The molecule has 0 saturated heterocycles. The van der Waals surface area contributed by atoms with Crippen molar-refractivity contribution in [2.75, 3.05) is 0 Å². The van der Waals surface area contributed by atoms with Crippen molar-refractivity contribution < 1.29 is 0 Å². The van der Waals surface area contributed by atoms with Crippen LogP contribution in [0.5, 0.6) is 0 Å². The van der Waals surface area contributed by atoms with Crippen LogP contribution in [0, 0.1) is 0 Å². The first-order valence-electron chi connectivity index (χ1n) is 4.90. The Labute approximate surface area is 134 Å². The maximum Gasteiger partial charge on any atom is 0.160 e. The Balaban J connectivity index is 2.56. The summed E-state index contributed by atoms with van der Waals surface area (Å²) in [6, 6.07) is 16.5. The standard InChI is InChI=1S/C13H8Br4/c14-10-7-5-9(6-8-10)11-3-1-2-4-12(11)13(15,16)17/h1-8H. The maximum absolute atomic E-state index is 3.57. The van der Waals surface area contributed by atoms with Crippen molar-refractivity contribution >= 4 is 63.7 Å². The fraction of sp³-hybridized carbons (Fsp3) is 0.0769. The zero-order valence-corrected chi connectivity index (χ0v) is 15.0. The summed E-state index contributed by atoms with van der Waals surface area (Å²) >= 11 is 14.2. The van der Waals surface area contributed by atoms with Gasteiger partial charge in [-0.2, -0.15) is 0 Å². The lowest BCUT2D eigenvalue weighted by Gasteiger charge is -2.17. The summed E-state index contributed by atoms with van der Waals surface area (Å²) in [4.78, 5) is 0. The molecule has 0 saturated carbocycles. The minimum atomic E-state index is -0.392. The number of benzene rings is 2. The fourth-order valence-electron chi connectivity index (χ4n) is 1.61. The van der Waals surface area contributed by atoms with Gasteiger partial charge >= 0.3 is 0 Å². The van der Waals surface area contributed by atoms with Crippen molar-refractivity contribution in [3.63, 3.8) is 0 Å². The molecule has 0 heterocycles. The second-order valence-electron chi connectivity index (χ2n) is 3.55. The first-order chi connectivity index (χ1) is 7.98. The Hall–Kier alpha value is 0.360. The molecule has 0 bridgehead atoms. The Morgan fingerprint density at radius 3 is 1.94 bits per heavy atom. The van der Waals surface area contributed by atoms with Gasteiger partial charge in [-0.1, -0.05) is 100 Å². The SMILES string of the molecule is Brc1ccc(-c2ccccc2C(Br)(Br)Br)cc1. The Morgan fingerprint density at radius 2 is 1.35 bits per heavy atom. The minimum Gasteiger partial charge on any atom is -0.0618 e. The molecule has 0 spiro atoms. The van der Waals surface area contributed by atoms with E-state index in [1.54, 1.807) is 0 Å². The highest BCUT2D eigenvalue weighted by molar-refractivity contribution is 9.38. The minimum absolute atomic E-state index is 0.392. The van der Waals surface area contributed by atoms with Gasteiger partial charge in [0.1, 0.15) is 0 Å². The smallest absolute Gasteiger partial charge is 0.0618 e. The van der Waals surface area contributed by atoms with Crippen molar-refractivity contribution in [3.05, 3.63) is 58.6 Å². The number of rotatable bonds is 1. The third-order valence-corrected chi connectivity index (χ3v) is 4.20. The predicted molar refractivity (Wildman–Crippen MR) is 88.0 cm³/mol. The van der Waals surface area contributed by atoms with E-state index in [4.69, 9.17) is 0 Å². The average Bonchev–Trinajstić information content (AvgIpc) is 2.29. The van der Waals surface area contributed by atoms with Gasteiger partial charge in [0, 0.05) is 4.47 Å². The van der Waals surface area contributed by atoms with Crippen molar-refractivity contribution in [2.24, 2.45) is 0 Å². The Morgan fingerprint density at radius 1 is 0.765 bits per heavy atom. The van der Waals surface area contributed by atoms with E-state index in [1.807, 2.05) is 24.3 Å². The molecule has 2 rings (SSSR count). The molecule has 0 aliphatic heterocycles. The molecular weight excluding hydrogens is 476 g/mol. The van der Waals surface area contributed by atoms with Crippen LogP contribution < -0.4 is 0 Å². The Bertz CT molecular complexity index is 512. The fourth-order valence-corrected chi connectivity index (χ4v) is 2.91. The summed E-state index contributed by atoms with van der Waals surface area (Å²) in [5, 5.41) is 0. The molecule has 0 aliphatic rings. The Kier molecular flexibility index (Phi) is 4.50. The highest BCUT2D eigenvalue weighted by Crippen LogP contribution is 2.47. The average molecular weight is 484 g/mol. The van der Waals surface area contributed by atoms with Crippen molar-refractivity contribution in [2.45, 2.75) is 2.14 Å². The molecule has 0 aliphatic carbocycles. The summed E-state index contributed by atoms with van der Waals surface area (Å²) in [6.07, 6.45) is 0. The monoisotopic (exact) mass is 480 g/mol. The quantitative estimate of drug-likeness (QED) is 0.411. The van der Waals surface area contributed by atoms with Gasteiger partial charge in [0.15, 0.2) is 2.14 Å². The zero-order valence-electron chi connectivity index (χ0n) is 8.63. The first-order valence-corrected chi connectivity index (χ1v) is 8.08. The summed E-state index contributed by atoms with van der Waals surface area (Å²) in [5.41, 5.74) is 3.51. The van der Waals surface area contributed by atoms with E-state index < -0.39 is 2.14 Å².